The second-order valence-corrected chi connectivity index (χ2v) is 18.2. The minimum atomic E-state index is -0.863. The fourth-order valence-corrected chi connectivity index (χ4v) is 13.7. The van der Waals surface area contributed by atoms with Crippen molar-refractivity contribution in [1.29, 1.82) is 0 Å². The topological polar surface area (TPSA) is 69.6 Å². The quantitative estimate of drug-likeness (QED) is 0.292. The van der Waals surface area contributed by atoms with E-state index in [2.05, 4.69) is 64.4 Å². The van der Waals surface area contributed by atoms with Gasteiger partial charge in [-0.15, -0.1) is 0 Å². The molecule has 5 fully saturated rings. The summed E-state index contributed by atoms with van der Waals surface area (Å²) in [6.45, 7) is 22.6. The summed E-state index contributed by atoms with van der Waals surface area (Å²) in [7, 11) is 0. The predicted molar refractivity (Wildman–Crippen MR) is 190 cm³/mol. The van der Waals surface area contributed by atoms with E-state index < -0.39 is 5.97 Å². The van der Waals surface area contributed by atoms with Gasteiger partial charge in [0.15, 0.2) is 0 Å². The molecule has 5 aliphatic carbocycles. The molecule has 1 saturated heterocycles. The van der Waals surface area contributed by atoms with Gasteiger partial charge in [0, 0.05) is 31.6 Å². The van der Waals surface area contributed by atoms with Crippen LogP contribution in [0.25, 0.3) is 5.57 Å². The molecule has 0 bridgehead atoms. The minimum absolute atomic E-state index is 0.0235. The van der Waals surface area contributed by atoms with Crippen molar-refractivity contribution >= 4 is 17.4 Å². The zero-order chi connectivity index (χ0) is 33.6. The van der Waals surface area contributed by atoms with Gasteiger partial charge in [0.2, 0.25) is 5.91 Å². The lowest BCUT2D eigenvalue weighted by Crippen LogP contribution is -2.68. The zero-order valence-electron chi connectivity index (χ0n) is 30.1. The Balaban J connectivity index is 1.17. The van der Waals surface area contributed by atoms with Gasteiger partial charge in [0.1, 0.15) is 0 Å². The second kappa shape index (κ2) is 11.3. The molecule has 1 heterocycles. The molecule has 7 rings (SSSR count). The van der Waals surface area contributed by atoms with Crippen molar-refractivity contribution in [3.05, 3.63) is 53.6 Å². The third-order valence-corrected chi connectivity index (χ3v) is 16.1. The molecule has 5 nitrogen and oxygen atoms in total. The van der Waals surface area contributed by atoms with Crippen LogP contribution in [0.2, 0.25) is 0 Å². The second-order valence-electron chi connectivity index (χ2n) is 18.2. The third-order valence-electron chi connectivity index (χ3n) is 16.1. The number of hydrogen-bond acceptors (Lipinski definition) is 3. The number of nitrogens with one attached hydrogen (secondary N) is 1. The molecule has 6 aliphatic rings. The van der Waals surface area contributed by atoms with E-state index in [9.17, 15) is 14.7 Å². The number of likely N-dealkylation sites (tertiary alicyclic amines) is 1. The first-order valence-electron chi connectivity index (χ1n) is 18.9. The highest BCUT2D eigenvalue weighted by Crippen LogP contribution is 2.76. The summed E-state index contributed by atoms with van der Waals surface area (Å²) in [5.41, 5.74) is 5.35. The van der Waals surface area contributed by atoms with Crippen molar-refractivity contribution < 1.29 is 14.7 Å². The molecule has 0 spiro atoms. The molecular weight excluding hydrogens is 580 g/mol. The van der Waals surface area contributed by atoms with Crippen LogP contribution in [0.5, 0.6) is 0 Å². The summed E-state index contributed by atoms with van der Waals surface area (Å²) in [6, 6.07) is 7.61. The fraction of sp³-hybridized carbons (Fsp3) is 0.714. The molecule has 47 heavy (non-hydrogen) atoms. The van der Waals surface area contributed by atoms with Crippen LogP contribution in [0.1, 0.15) is 128 Å². The maximum absolute atomic E-state index is 12.4. The Bertz CT molecular complexity index is 1480. The summed E-state index contributed by atoms with van der Waals surface area (Å²) < 4.78 is 0. The fourth-order valence-electron chi connectivity index (χ4n) is 13.7. The number of carboxylic acids is 1. The largest absolute Gasteiger partial charge is 0.478 e. The van der Waals surface area contributed by atoms with Gasteiger partial charge in [0.25, 0.3) is 0 Å². The van der Waals surface area contributed by atoms with Crippen molar-refractivity contribution in [2.45, 2.75) is 118 Å². The molecular formula is C42H60N2O3. The summed E-state index contributed by atoms with van der Waals surface area (Å²) in [6.07, 6.45) is 15.6. The number of benzene rings is 1. The number of amides is 1. The van der Waals surface area contributed by atoms with E-state index in [4.69, 9.17) is 0 Å². The number of rotatable bonds is 7. The summed E-state index contributed by atoms with van der Waals surface area (Å²) in [5, 5.41) is 13.7. The molecule has 5 heteroatoms. The Morgan fingerprint density at radius 1 is 0.957 bits per heavy atom. The van der Waals surface area contributed by atoms with Crippen LogP contribution < -0.4 is 5.32 Å². The number of allylic oxidation sites excluding steroid dienone is 3. The van der Waals surface area contributed by atoms with E-state index in [-0.39, 0.29) is 16.4 Å². The average Bonchev–Trinajstić information content (AvgIpc) is 3.61. The summed E-state index contributed by atoms with van der Waals surface area (Å²) in [5.74, 6) is 2.66. The molecule has 0 aromatic heterocycles. The number of carbonyl (C=O) groups excluding carboxylic acids is 1. The summed E-state index contributed by atoms with van der Waals surface area (Å²) >= 11 is 0. The molecule has 1 amide bonds. The van der Waals surface area contributed by atoms with Crippen LogP contribution in [0.15, 0.2) is 42.5 Å². The third kappa shape index (κ3) is 4.78. The molecule has 1 aliphatic heterocycles. The number of fused-ring (bicyclic) bond motifs is 7. The van der Waals surface area contributed by atoms with Crippen molar-refractivity contribution in [2.75, 3.05) is 19.6 Å². The maximum atomic E-state index is 12.4. The Hall–Kier alpha value is -2.40. The smallest absolute Gasteiger partial charge is 0.335 e. The van der Waals surface area contributed by atoms with Gasteiger partial charge >= 0.3 is 5.97 Å². The van der Waals surface area contributed by atoms with Crippen molar-refractivity contribution in [3.8, 4) is 0 Å². The average molecular weight is 641 g/mol. The van der Waals surface area contributed by atoms with Crippen LogP contribution in [0, 0.1) is 51.2 Å². The van der Waals surface area contributed by atoms with Crippen molar-refractivity contribution in [1.82, 2.24) is 10.2 Å². The SMILES string of the molecule is C=C(C)C1CCC2(NCCN3CCCC3=O)CCC3(C)C(CCC4C5(C)CC=C(c6ccc(C(=O)O)cc6)C(C)(C)C5CCC43C)C12. The summed E-state index contributed by atoms with van der Waals surface area (Å²) in [4.78, 5) is 26.0. The number of aromatic carboxylic acids is 1. The molecule has 1 aromatic rings. The van der Waals surface area contributed by atoms with E-state index in [1.165, 1.54) is 68.1 Å². The Labute approximate surface area is 284 Å². The lowest BCUT2D eigenvalue weighted by Gasteiger charge is -2.72. The van der Waals surface area contributed by atoms with Gasteiger partial charge in [0.05, 0.1) is 5.56 Å². The van der Waals surface area contributed by atoms with E-state index >= 15 is 0 Å². The van der Waals surface area contributed by atoms with Gasteiger partial charge in [-0.05, 0) is 146 Å². The van der Waals surface area contributed by atoms with Crippen LogP contribution >= 0.6 is 0 Å². The minimum Gasteiger partial charge on any atom is -0.478 e. The first-order valence-corrected chi connectivity index (χ1v) is 18.9. The van der Waals surface area contributed by atoms with Crippen LogP contribution in [0.3, 0.4) is 0 Å². The predicted octanol–water partition coefficient (Wildman–Crippen LogP) is 9.00. The van der Waals surface area contributed by atoms with Crippen LogP contribution in [-0.2, 0) is 4.79 Å². The standard InChI is InChI=1S/C42H60N2O3/c1-27(2)30-16-21-42(43-24-26-44-25-8-9-35(44)45)23-22-40(6)32(36(30)42)14-15-34-39(5)19-17-31(28-10-12-29(13-11-28)37(46)47)38(3,4)33(39)18-20-41(34,40)7/h10-13,17,30,32-34,36,43H,1,8-9,14-16,18-26H2,2-7H3,(H,46,47). The zero-order valence-corrected chi connectivity index (χ0v) is 30.1. The van der Waals surface area contributed by atoms with Crippen molar-refractivity contribution in [2.24, 2.45) is 51.2 Å². The molecule has 4 saturated carbocycles. The molecule has 256 valence electrons. The van der Waals surface area contributed by atoms with Crippen LogP contribution in [0.4, 0.5) is 0 Å². The first kappa shape index (κ1) is 33.1. The van der Waals surface area contributed by atoms with Gasteiger partial charge in [-0.2, -0.15) is 0 Å². The highest BCUT2D eigenvalue weighted by atomic mass is 16.4. The van der Waals surface area contributed by atoms with Crippen LogP contribution in [-0.4, -0.2) is 47.1 Å². The number of nitrogens with zero attached hydrogens (tertiary/aromatic N) is 1. The van der Waals surface area contributed by atoms with Gasteiger partial charge in [-0.3, -0.25) is 4.79 Å². The Kier molecular flexibility index (Phi) is 7.98. The Morgan fingerprint density at radius 3 is 2.36 bits per heavy atom. The van der Waals surface area contributed by atoms with Gasteiger partial charge in [-0.25, -0.2) is 4.79 Å². The molecule has 0 radical (unpaired) electrons. The lowest BCUT2D eigenvalue weighted by molar-refractivity contribution is -0.219. The van der Waals surface area contributed by atoms with E-state index in [1.807, 2.05) is 12.1 Å². The molecule has 9 atom stereocenters. The number of carbonyl (C=O) groups is 2. The molecule has 2 N–H and O–H groups in total. The van der Waals surface area contributed by atoms with Gasteiger partial charge < -0.3 is 15.3 Å². The molecule has 1 aromatic carbocycles. The molecule has 9 unspecified atom stereocenters. The van der Waals surface area contributed by atoms with E-state index in [1.54, 1.807) is 12.1 Å². The number of carboxylic acid groups (broad SMARTS) is 1. The van der Waals surface area contributed by atoms with E-state index in [0.717, 1.165) is 38.9 Å². The maximum Gasteiger partial charge on any atom is 0.335 e. The normalized spacial score (nSPS) is 42.2. The first-order chi connectivity index (χ1) is 22.2. The highest BCUT2D eigenvalue weighted by Gasteiger charge is 2.70. The Morgan fingerprint density at radius 2 is 1.70 bits per heavy atom. The van der Waals surface area contributed by atoms with E-state index in [0.29, 0.717) is 51.9 Å². The number of hydrogen-bond donors (Lipinski definition) is 2. The highest BCUT2D eigenvalue weighted by molar-refractivity contribution is 5.88. The monoisotopic (exact) mass is 640 g/mol. The van der Waals surface area contributed by atoms with Gasteiger partial charge in [-0.1, -0.05) is 65.0 Å². The lowest BCUT2D eigenvalue weighted by atomic mass is 9.33. The van der Waals surface area contributed by atoms with Crippen molar-refractivity contribution in [3.63, 3.8) is 0 Å².